The molecule has 1 saturated heterocycles. The van der Waals surface area contributed by atoms with Gasteiger partial charge in [0.15, 0.2) is 0 Å². The number of likely N-dealkylation sites (tertiary alicyclic amines) is 1. The monoisotopic (exact) mass is 496 g/mol. The highest BCUT2D eigenvalue weighted by Gasteiger charge is 2.32. The van der Waals surface area contributed by atoms with Crippen LogP contribution in [0, 0.1) is 11.7 Å². The predicted octanol–water partition coefficient (Wildman–Crippen LogP) is 2.98. The van der Waals surface area contributed by atoms with Gasteiger partial charge < -0.3 is 20.3 Å². The topological polar surface area (TPSA) is 101 Å². The van der Waals surface area contributed by atoms with E-state index in [1.807, 2.05) is 6.07 Å². The minimum Gasteiger partial charge on any atom is -0.493 e. The first-order valence-corrected chi connectivity index (χ1v) is 12.5. The number of fused-ring (bicyclic) bond motifs is 5. The van der Waals surface area contributed by atoms with Crippen molar-refractivity contribution < 1.29 is 23.5 Å². The summed E-state index contributed by atoms with van der Waals surface area (Å²) in [5.74, 6) is -1.45. The van der Waals surface area contributed by atoms with Crippen molar-refractivity contribution in [1.82, 2.24) is 20.5 Å². The SMILES string of the molecule is O=C1N[C@@H]2CC[C@@H](CN(C(=O)c3ccc4ncsc4c3)C2)C(=O)NCCCOc2ccc(F)cc21. The van der Waals surface area contributed by atoms with Crippen molar-refractivity contribution in [2.75, 3.05) is 26.2 Å². The first-order valence-electron chi connectivity index (χ1n) is 11.6. The molecule has 5 rings (SSSR count). The van der Waals surface area contributed by atoms with Gasteiger partial charge in [-0.05, 0) is 55.7 Å². The van der Waals surface area contributed by atoms with Crippen LogP contribution in [0.1, 0.15) is 40.0 Å². The average Bonchev–Trinajstić information content (AvgIpc) is 3.22. The van der Waals surface area contributed by atoms with Crippen molar-refractivity contribution >= 4 is 39.3 Å². The molecule has 0 saturated carbocycles. The highest BCUT2D eigenvalue weighted by Crippen LogP contribution is 2.25. The lowest BCUT2D eigenvalue weighted by Gasteiger charge is -2.26. The van der Waals surface area contributed by atoms with Crippen LogP contribution in [-0.4, -0.2) is 59.9 Å². The van der Waals surface area contributed by atoms with E-state index in [-0.39, 0.29) is 42.8 Å². The van der Waals surface area contributed by atoms with E-state index in [0.29, 0.717) is 31.4 Å². The molecule has 0 aliphatic carbocycles. The Morgan fingerprint density at radius 2 is 2.03 bits per heavy atom. The largest absolute Gasteiger partial charge is 0.493 e. The number of hydrogen-bond donors (Lipinski definition) is 2. The molecular formula is C25H25FN4O4S. The Morgan fingerprint density at radius 3 is 2.91 bits per heavy atom. The second-order valence-corrected chi connectivity index (χ2v) is 9.71. The zero-order valence-electron chi connectivity index (χ0n) is 19.0. The lowest BCUT2D eigenvalue weighted by atomic mass is 10.0. The fourth-order valence-electron chi connectivity index (χ4n) is 4.54. The molecule has 10 heteroatoms. The van der Waals surface area contributed by atoms with Gasteiger partial charge in [0, 0.05) is 31.2 Å². The standard InChI is InChI=1S/C25H25FN4O4S/c26-17-4-7-21-19(11-17)24(32)29-18-5-2-16(23(31)27-8-1-9-34-21)12-30(13-18)25(33)15-3-6-20-22(10-15)35-14-28-20/h3-4,6-7,10-11,14,16,18H,1-2,5,8-9,12-13H2,(H,27,31)(H,29,32)/t16-,18+/m0/s1. The first kappa shape index (κ1) is 23.2. The van der Waals surface area contributed by atoms with E-state index in [0.717, 1.165) is 16.3 Å². The molecule has 2 aromatic carbocycles. The first-order chi connectivity index (χ1) is 17.0. The summed E-state index contributed by atoms with van der Waals surface area (Å²) in [6.07, 6.45) is 1.55. The minimum atomic E-state index is -0.535. The summed E-state index contributed by atoms with van der Waals surface area (Å²) in [6.45, 7) is 1.16. The van der Waals surface area contributed by atoms with Crippen molar-refractivity contribution in [2.24, 2.45) is 5.92 Å². The molecule has 35 heavy (non-hydrogen) atoms. The molecule has 8 nitrogen and oxygen atoms in total. The zero-order valence-corrected chi connectivity index (χ0v) is 19.8. The molecule has 3 aromatic rings. The fraction of sp³-hybridized carbons (Fsp3) is 0.360. The van der Waals surface area contributed by atoms with Crippen LogP contribution in [0.4, 0.5) is 4.39 Å². The highest BCUT2D eigenvalue weighted by molar-refractivity contribution is 7.16. The number of aromatic nitrogens is 1. The second-order valence-electron chi connectivity index (χ2n) is 8.82. The average molecular weight is 497 g/mol. The van der Waals surface area contributed by atoms with Gasteiger partial charge in [-0.2, -0.15) is 0 Å². The Hall–Kier alpha value is -3.53. The van der Waals surface area contributed by atoms with Gasteiger partial charge >= 0.3 is 0 Å². The van der Waals surface area contributed by atoms with Crippen LogP contribution in [0.5, 0.6) is 5.75 Å². The molecule has 2 aliphatic heterocycles. The third-order valence-corrected chi connectivity index (χ3v) is 7.17. The second kappa shape index (κ2) is 9.99. The fourth-order valence-corrected chi connectivity index (χ4v) is 5.26. The number of carbonyl (C=O) groups is 3. The highest BCUT2D eigenvalue weighted by atomic mass is 32.1. The van der Waals surface area contributed by atoms with E-state index in [1.54, 1.807) is 22.5 Å². The number of thiazole rings is 1. The number of carbonyl (C=O) groups excluding carboxylic acids is 3. The molecule has 3 amide bonds. The zero-order chi connectivity index (χ0) is 24.4. The third-order valence-electron chi connectivity index (χ3n) is 6.38. The normalized spacial score (nSPS) is 21.3. The van der Waals surface area contributed by atoms with Gasteiger partial charge in [0.1, 0.15) is 11.6 Å². The molecule has 0 spiro atoms. The molecule has 2 bridgehead atoms. The molecule has 3 heterocycles. The predicted molar refractivity (Wildman–Crippen MR) is 129 cm³/mol. The summed E-state index contributed by atoms with van der Waals surface area (Å²) < 4.78 is 20.6. The van der Waals surface area contributed by atoms with Gasteiger partial charge in [0.05, 0.1) is 33.8 Å². The Labute approximate surface area is 205 Å². The molecule has 2 aliphatic rings. The molecule has 1 fully saturated rings. The third kappa shape index (κ3) is 5.12. The molecule has 182 valence electrons. The van der Waals surface area contributed by atoms with E-state index in [4.69, 9.17) is 4.74 Å². The number of hydrogen-bond acceptors (Lipinski definition) is 6. The number of nitrogens with one attached hydrogen (secondary N) is 2. The molecule has 0 unspecified atom stereocenters. The van der Waals surface area contributed by atoms with E-state index in [1.165, 1.54) is 23.5 Å². The van der Waals surface area contributed by atoms with E-state index in [9.17, 15) is 18.8 Å². The number of amides is 3. The maximum absolute atomic E-state index is 13.9. The van der Waals surface area contributed by atoms with Crippen LogP contribution in [0.2, 0.25) is 0 Å². The quantitative estimate of drug-likeness (QED) is 0.540. The number of nitrogens with zero attached hydrogens (tertiary/aromatic N) is 2. The Balaban J connectivity index is 1.45. The molecule has 2 N–H and O–H groups in total. The van der Waals surface area contributed by atoms with Gasteiger partial charge in [-0.1, -0.05) is 0 Å². The maximum Gasteiger partial charge on any atom is 0.255 e. The summed E-state index contributed by atoms with van der Waals surface area (Å²) >= 11 is 1.45. The molecule has 2 atom stereocenters. The lowest BCUT2D eigenvalue weighted by Crippen LogP contribution is -2.46. The summed E-state index contributed by atoms with van der Waals surface area (Å²) in [6, 6.07) is 8.78. The summed E-state index contributed by atoms with van der Waals surface area (Å²) in [4.78, 5) is 45.4. The summed E-state index contributed by atoms with van der Waals surface area (Å²) in [5.41, 5.74) is 3.17. The van der Waals surface area contributed by atoms with Crippen molar-refractivity contribution in [3.05, 3.63) is 58.9 Å². The summed E-state index contributed by atoms with van der Waals surface area (Å²) in [5, 5.41) is 5.88. The van der Waals surface area contributed by atoms with Gasteiger partial charge in [-0.15, -0.1) is 11.3 Å². The maximum atomic E-state index is 13.9. The number of halogens is 1. The van der Waals surface area contributed by atoms with Crippen LogP contribution < -0.4 is 15.4 Å². The van der Waals surface area contributed by atoms with Crippen LogP contribution in [0.15, 0.2) is 41.9 Å². The van der Waals surface area contributed by atoms with Crippen molar-refractivity contribution in [2.45, 2.75) is 25.3 Å². The Kier molecular flexibility index (Phi) is 6.63. The van der Waals surface area contributed by atoms with Crippen LogP contribution >= 0.6 is 11.3 Å². The Bertz CT molecular complexity index is 1280. The minimum absolute atomic E-state index is 0.111. The molecule has 1 aromatic heterocycles. The number of rotatable bonds is 1. The van der Waals surface area contributed by atoms with Gasteiger partial charge in [-0.25, -0.2) is 9.37 Å². The van der Waals surface area contributed by atoms with Crippen LogP contribution in [-0.2, 0) is 4.79 Å². The summed E-state index contributed by atoms with van der Waals surface area (Å²) in [7, 11) is 0. The van der Waals surface area contributed by atoms with E-state index >= 15 is 0 Å². The van der Waals surface area contributed by atoms with Crippen molar-refractivity contribution in [3.8, 4) is 5.75 Å². The van der Waals surface area contributed by atoms with Gasteiger partial charge in [-0.3, -0.25) is 14.4 Å². The van der Waals surface area contributed by atoms with Crippen molar-refractivity contribution in [1.29, 1.82) is 0 Å². The lowest BCUT2D eigenvalue weighted by molar-refractivity contribution is -0.125. The van der Waals surface area contributed by atoms with Crippen molar-refractivity contribution in [3.63, 3.8) is 0 Å². The van der Waals surface area contributed by atoms with Crippen LogP contribution in [0.25, 0.3) is 10.2 Å². The molecular weight excluding hydrogens is 471 g/mol. The van der Waals surface area contributed by atoms with E-state index in [2.05, 4.69) is 15.6 Å². The Morgan fingerprint density at radius 1 is 1.14 bits per heavy atom. The smallest absolute Gasteiger partial charge is 0.255 e. The van der Waals surface area contributed by atoms with Gasteiger partial charge in [0.25, 0.3) is 11.8 Å². The van der Waals surface area contributed by atoms with Gasteiger partial charge in [0.2, 0.25) is 5.91 Å². The number of benzene rings is 2. The number of ether oxygens (including phenoxy) is 1. The van der Waals surface area contributed by atoms with E-state index < -0.39 is 23.7 Å². The van der Waals surface area contributed by atoms with Crippen LogP contribution in [0.3, 0.4) is 0 Å². The molecule has 0 radical (unpaired) electrons.